The molecule has 8 heteroatoms. The third kappa shape index (κ3) is 4.72. The molecule has 2 aliphatic rings. The van der Waals surface area contributed by atoms with Crippen molar-refractivity contribution in [2.75, 3.05) is 26.2 Å². The Morgan fingerprint density at radius 3 is 2.31 bits per heavy atom. The number of piperidine rings is 2. The molecule has 5 nitrogen and oxygen atoms in total. The average molecular weight is 499 g/mol. The number of pyridine rings is 1. The van der Waals surface area contributed by atoms with E-state index in [2.05, 4.69) is 5.32 Å². The molecular formula is C28H31F3N3O2+. The summed E-state index contributed by atoms with van der Waals surface area (Å²) in [4.78, 5) is 17.6. The van der Waals surface area contributed by atoms with Gasteiger partial charge >= 0.3 is 12.1 Å². The molecule has 0 unspecified atom stereocenters. The van der Waals surface area contributed by atoms with Crippen molar-refractivity contribution < 1.29 is 27.6 Å². The molecule has 3 heterocycles. The van der Waals surface area contributed by atoms with E-state index >= 15 is 0 Å². The molecule has 2 aromatic carbocycles. The number of quaternary nitrogens is 1. The molecule has 5 rings (SSSR count). The summed E-state index contributed by atoms with van der Waals surface area (Å²) in [6.45, 7) is 4.35. The fraction of sp³-hybridized carbons (Fsp3) is 0.429. The number of carboxylic acids is 1. The summed E-state index contributed by atoms with van der Waals surface area (Å²) in [5.41, 5.74) is 1.61. The second-order valence-corrected chi connectivity index (χ2v) is 10.1. The minimum Gasteiger partial charge on any atom is -0.478 e. The van der Waals surface area contributed by atoms with Crippen LogP contribution in [0.15, 0.2) is 48.5 Å². The SMILES string of the molecule is O=C(O)c1c(C[N+]2(C3CCNCC3)CCCCC2)c(-c2ccc(C(F)(F)F)cc2)nc2ccccc12. The smallest absolute Gasteiger partial charge is 0.416 e. The van der Waals surface area contributed by atoms with Gasteiger partial charge in [0.15, 0.2) is 0 Å². The average Bonchev–Trinajstić information content (AvgIpc) is 2.88. The fourth-order valence-electron chi connectivity index (χ4n) is 6.17. The maximum atomic E-state index is 13.2. The number of para-hydroxylation sites is 1. The number of aromatic nitrogens is 1. The summed E-state index contributed by atoms with van der Waals surface area (Å²) < 4.78 is 40.5. The van der Waals surface area contributed by atoms with Gasteiger partial charge in [-0.3, -0.25) is 0 Å². The Bertz CT molecular complexity index is 1250. The molecule has 2 N–H and O–H groups in total. The van der Waals surface area contributed by atoms with Crippen LogP contribution in [-0.2, 0) is 12.7 Å². The molecular weight excluding hydrogens is 467 g/mol. The molecule has 3 aromatic rings. The number of benzene rings is 2. The number of carboxylic acid groups (broad SMARTS) is 1. The van der Waals surface area contributed by atoms with Crippen LogP contribution in [0.25, 0.3) is 22.2 Å². The van der Waals surface area contributed by atoms with Crippen LogP contribution in [0.3, 0.4) is 0 Å². The first-order valence-corrected chi connectivity index (χ1v) is 12.7. The molecule has 0 aliphatic carbocycles. The lowest BCUT2D eigenvalue weighted by molar-refractivity contribution is -0.968. The van der Waals surface area contributed by atoms with E-state index in [-0.39, 0.29) is 5.56 Å². The van der Waals surface area contributed by atoms with Gasteiger partial charge < -0.3 is 14.9 Å². The number of alkyl halides is 3. The molecule has 36 heavy (non-hydrogen) atoms. The second-order valence-electron chi connectivity index (χ2n) is 10.1. The highest BCUT2D eigenvalue weighted by Gasteiger charge is 2.41. The maximum absolute atomic E-state index is 13.2. The summed E-state index contributed by atoms with van der Waals surface area (Å²) >= 11 is 0. The van der Waals surface area contributed by atoms with Gasteiger partial charge in [0.1, 0.15) is 6.54 Å². The lowest BCUT2D eigenvalue weighted by Crippen LogP contribution is -2.60. The highest BCUT2D eigenvalue weighted by atomic mass is 19.4. The van der Waals surface area contributed by atoms with Crippen LogP contribution in [-0.4, -0.2) is 52.8 Å². The number of rotatable bonds is 5. The highest BCUT2D eigenvalue weighted by molar-refractivity contribution is 6.05. The lowest BCUT2D eigenvalue weighted by Gasteiger charge is -2.49. The second kappa shape index (κ2) is 9.82. The van der Waals surface area contributed by atoms with Crippen LogP contribution in [0.1, 0.15) is 53.6 Å². The van der Waals surface area contributed by atoms with E-state index in [9.17, 15) is 23.1 Å². The molecule has 0 atom stereocenters. The molecule has 0 saturated carbocycles. The Hall–Kier alpha value is -2.97. The first kappa shape index (κ1) is 24.7. The largest absolute Gasteiger partial charge is 0.478 e. The quantitative estimate of drug-likeness (QED) is 0.432. The number of nitrogens with one attached hydrogen (secondary N) is 1. The van der Waals surface area contributed by atoms with E-state index in [1.54, 1.807) is 24.3 Å². The van der Waals surface area contributed by atoms with Gasteiger partial charge in [-0.2, -0.15) is 13.2 Å². The number of halogens is 3. The van der Waals surface area contributed by atoms with Crippen LogP contribution in [0, 0.1) is 0 Å². The minimum absolute atomic E-state index is 0.215. The van der Waals surface area contributed by atoms with E-state index < -0.39 is 17.7 Å². The molecule has 2 aliphatic heterocycles. The van der Waals surface area contributed by atoms with Crippen LogP contribution in [0.5, 0.6) is 0 Å². The number of aromatic carboxylic acids is 1. The summed E-state index contributed by atoms with van der Waals surface area (Å²) in [5.74, 6) is -1.03. The third-order valence-corrected chi connectivity index (χ3v) is 7.96. The van der Waals surface area contributed by atoms with E-state index in [1.165, 1.54) is 18.6 Å². The van der Waals surface area contributed by atoms with Crippen molar-refractivity contribution in [3.63, 3.8) is 0 Å². The van der Waals surface area contributed by atoms with Gasteiger partial charge in [0.2, 0.25) is 0 Å². The number of nitrogens with zero attached hydrogens (tertiary/aromatic N) is 2. The zero-order chi connectivity index (χ0) is 25.3. The Kier molecular flexibility index (Phi) is 6.74. The van der Waals surface area contributed by atoms with Crippen molar-refractivity contribution in [3.8, 4) is 11.3 Å². The Morgan fingerprint density at radius 2 is 1.67 bits per heavy atom. The van der Waals surface area contributed by atoms with Crippen molar-refractivity contribution in [3.05, 3.63) is 65.2 Å². The van der Waals surface area contributed by atoms with Crippen molar-refractivity contribution in [1.29, 1.82) is 0 Å². The van der Waals surface area contributed by atoms with Crippen molar-refractivity contribution in [1.82, 2.24) is 10.3 Å². The number of fused-ring (bicyclic) bond motifs is 1. The highest BCUT2D eigenvalue weighted by Crippen LogP contribution is 2.38. The standard InChI is InChI=1S/C28H30F3N3O2/c29-28(30,31)20-10-8-19(9-11-20)26-23(25(27(35)36)22-6-2-3-7-24(22)33-26)18-34(16-4-1-5-17-34)21-12-14-32-15-13-21/h2-3,6-11,21,32H,1,4-5,12-18H2/p+1. The van der Waals surface area contributed by atoms with Crippen LogP contribution in [0.4, 0.5) is 13.2 Å². The Balaban J connectivity index is 1.70. The van der Waals surface area contributed by atoms with E-state index in [0.29, 0.717) is 40.3 Å². The van der Waals surface area contributed by atoms with Gasteiger partial charge in [-0.05, 0) is 37.5 Å². The van der Waals surface area contributed by atoms with Gasteiger partial charge in [0.25, 0.3) is 0 Å². The van der Waals surface area contributed by atoms with Crippen molar-refractivity contribution in [2.24, 2.45) is 0 Å². The van der Waals surface area contributed by atoms with Crippen LogP contribution >= 0.6 is 0 Å². The van der Waals surface area contributed by atoms with E-state index in [4.69, 9.17) is 4.98 Å². The topological polar surface area (TPSA) is 62.2 Å². The monoisotopic (exact) mass is 498 g/mol. The first-order valence-electron chi connectivity index (χ1n) is 12.7. The molecule has 0 spiro atoms. The molecule has 1 aromatic heterocycles. The van der Waals surface area contributed by atoms with E-state index in [0.717, 1.165) is 68.5 Å². The molecule has 0 bridgehead atoms. The normalized spacial score (nSPS) is 18.9. The lowest BCUT2D eigenvalue weighted by atomic mass is 9.91. The van der Waals surface area contributed by atoms with Crippen molar-refractivity contribution >= 4 is 16.9 Å². The number of likely N-dealkylation sites (tertiary alicyclic amines) is 1. The summed E-state index contributed by atoms with van der Waals surface area (Å²) in [5, 5.41) is 14.4. The predicted octanol–water partition coefficient (Wildman–Crippen LogP) is 5.87. The Morgan fingerprint density at radius 1 is 1.00 bits per heavy atom. The van der Waals surface area contributed by atoms with Crippen LogP contribution < -0.4 is 5.32 Å². The molecule has 0 radical (unpaired) electrons. The van der Waals surface area contributed by atoms with E-state index in [1.807, 2.05) is 0 Å². The predicted molar refractivity (Wildman–Crippen MR) is 133 cm³/mol. The third-order valence-electron chi connectivity index (χ3n) is 7.96. The first-order chi connectivity index (χ1) is 17.3. The van der Waals surface area contributed by atoms with Gasteiger partial charge in [-0.25, -0.2) is 9.78 Å². The zero-order valence-corrected chi connectivity index (χ0v) is 20.2. The molecule has 190 valence electrons. The fourth-order valence-corrected chi connectivity index (χ4v) is 6.17. The molecule has 2 saturated heterocycles. The zero-order valence-electron chi connectivity index (χ0n) is 20.2. The van der Waals surface area contributed by atoms with Crippen molar-refractivity contribution in [2.45, 2.75) is 50.9 Å². The molecule has 0 amide bonds. The molecule has 2 fully saturated rings. The van der Waals surface area contributed by atoms with Crippen LogP contribution in [0.2, 0.25) is 0 Å². The maximum Gasteiger partial charge on any atom is 0.416 e. The number of hydrogen-bond acceptors (Lipinski definition) is 3. The van der Waals surface area contributed by atoms with Gasteiger partial charge in [0, 0.05) is 42.4 Å². The summed E-state index contributed by atoms with van der Waals surface area (Å²) in [7, 11) is 0. The van der Waals surface area contributed by atoms with Gasteiger partial charge in [-0.15, -0.1) is 0 Å². The summed E-state index contributed by atoms with van der Waals surface area (Å²) in [6, 6.07) is 12.5. The van der Waals surface area contributed by atoms with Gasteiger partial charge in [0.05, 0.1) is 41.5 Å². The minimum atomic E-state index is -4.44. The number of carbonyl (C=O) groups is 1. The Labute approximate surface area is 208 Å². The van der Waals surface area contributed by atoms with Gasteiger partial charge in [-0.1, -0.05) is 30.3 Å². The summed E-state index contributed by atoms with van der Waals surface area (Å²) in [6.07, 6.45) is 0.949. The number of hydrogen-bond donors (Lipinski definition) is 2.